The predicted octanol–water partition coefficient (Wildman–Crippen LogP) is 3.21. The molecule has 4 fully saturated rings. The van der Waals surface area contributed by atoms with Gasteiger partial charge in [0.25, 0.3) is 0 Å². The lowest BCUT2D eigenvalue weighted by molar-refractivity contribution is -0.139. The average molecular weight is 499 g/mol. The summed E-state index contributed by atoms with van der Waals surface area (Å²) in [5, 5.41) is 0. The number of anilines is 2. The van der Waals surface area contributed by atoms with E-state index in [9.17, 15) is 19.2 Å². The maximum atomic E-state index is 13.3. The Morgan fingerprint density at radius 1 is 0.865 bits per heavy atom. The molecule has 0 aromatic heterocycles. The average Bonchev–Trinajstić information content (AvgIpc) is 3.59. The van der Waals surface area contributed by atoms with E-state index in [0.717, 1.165) is 6.42 Å². The van der Waals surface area contributed by atoms with E-state index in [1.54, 1.807) is 60.5 Å². The minimum Gasteiger partial charge on any atom is -0.497 e. The molecule has 6 aliphatic rings. The highest BCUT2D eigenvalue weighted by molar-refractivity contribution is 6.22. The van der Waals surface area contributed by atoms with Crippen molar-refractivity contribution >= 4 is 35.1 Å². The number of benzene rings is 2. The van der Waals surface area contributed by atoms with Crippen LogP contribution in [-0.2, 0) is 19.2 Å². The van der Waals surface area contributed by atoms with Crippen molar-refractivity contribution in [3.63, 3.8) is 0 Å². The third-order valence-corrected chi connectivity index (χ3v) is 8.80. The molecule has 2 saturated heterocycles. The van der Waals surface area contributed by atoms with E-state index in [1.165, 1.54) is 4.90 Å². The zero-order valence-electron chi connectivity index (χ0n) is 20.3. The zero-order chi connectivity index (χ0) is 25.4. The second kappa shape index (κ2) is 8.03. The molecule has 188 valence electrons. The van der Waals surface area contributed by atoms with Gasteiger partial charge in [-0.05, 0) is 66.5 Å². The van der Waals surface area contributed by atoms with E-state index in [0.29, 0.717) is 34.7 Å². The molecule has 2 aromatic carbocycles. The van der Waals surface area contributed by atoms with E-state index in [-0.39, 0.29) is 54.4 Å². The van der Waals surface area contributed by atoms with Crippen LogP contribution in [0.5, 0.6) is 11.5 Å². The molecule has 2 aliphatic heterocycles. The number of ether oxygens (including phenoxy) is 2. The minimum absolute atomic E-state index is 0.0615. The number of carbonyl (C=O) groups is 4. The molecule has 2 bridgehead atoms. The third-order valence-electron chi connectivity index (χ3n) is 8.80. The standard InChI is InChI=1S/C29H26N2O6/c1-36-19-4-2-3-17(12-19)30-14-15(11-24(30)32)29(35)37-18-7-5-16(6-8-18)31-27(33)25-20-9-10-21(23-13-22(20)23)26(25)28(31)34/h2-10,12,15,20-23,25-26H,11,13-14H2,1H3/t15-,20+,21+,22+,23+,25-,26-/m0/s1. The van der Waals surface area contributed by atoms with Crippen molar-refractivity contribution in [3.05, 3.63) is 60.7 Å². The number of allylic oxidation sites excluding steroid dienone is 2. The second-order valence-corrected chi connectivity index (χ2v) is 10.7. The molecule has 0 unspecified atom stereocenters. The van der Waals surface area contributed by atoms with Gasteiger partial charge < -0.3 is 14.4 Å². The molecule has 0 radical (unpaired) electrons. The number of esters is 1. The van der Waals surface area contributed by atoms with E-state index < -0.39 is 11.9 Å². The van der Waals surface area contributed by atoms with Gasteiger partial charge in [0.05, 0.1) is 30.6 Å². The number of methoxy groups -OCH3 is 1. The van der Waals surface area contributed by atoms with E-state index in [1.807, 2.05) is 0 Å². The Hall–Kier alpha value is -3.94. The first kappa shape index (κ1) is 22.3. The molecule has 8 rings (SSSR count). The highest BCUT2D eigenvalue weighted by Crippen LogP contribution is 2.65. The van der Waals surface area contributed by atoms with Crippen molar-refractivity contribution in [2.75, 3.05) is 23.5 Å². The van der Waals surface area contributed by atoms with Gasteiger partial charge in [-0.2, -0.15) is 0 Å². The number of imide groups is 1. The summed E-state index contributed by atoms with van der Waals surface area (Å²) in [7, 11) is 1.56. The van der Waals surface area contributed by atoms with Crippen molar-refractivity contribution in [1.29, 1.82) is 0 Å². The predicted molar refractivity (Wildman–Crippen MR) is 133 cm³/mol. The van der Waals surface area contributed by atoms with Crippen LogP contribution in [0.15, 0.2) is 60.7 Å². The molecule has 2 heterocycles. The van der Waals surface area contributed by atoms with Crippen LogP contribution in [-0.4, -0.2) is 37.3 Å². The van der Waals surface area contributed by atoms with Gasteiger partial charge in [-0.25, -0.2) is 0 Å². The summed E-state index contributed by atoms with van der Waals surface area (Å²) in [4.78, 5) is 54.9. The fraction of sp³-hybridized carbons (Fsp3) is 0.379. The van der Waals surface area contributed by atoms with E-state index >= 15 is 0 Å². The monoisotopic (exact) mass is 498 g/mol. The van der Waals surface area contributed by atoms with Crippen LogP contribution >= 0.6 is 0 Å². The van der Waals surface area contributed by atoms with Crippen LogP contribution in [0.1, 0.15) is 12.8 Å². The maximum absolute atomic E-state index is 13.3. The molecule has 8 nitrogen and oxygen atoms in total. The van der Waals surface area contributed by atoms with Crippen LogP contribution in [0.4, 0.5) is 11.4 Å². The summed E-state index contributed by atoms with van der Waals surface area (Å²) in [6.45, 7) is 0.223. The van der Waals surface area contributed by atoms with Crippen molar-refractivity contribution in [1.82, 2.24) is 0 Å². The van der Waals surface area contributed by atoms with Gasteiger partial charge >= 0.3 is 5.97 Å². The van der Waals surface area contributed by atoms with E-state index in [2.05, 4.69) is 12.2 Å². The molecule has 4 aliphatic carbocycles. The number of amides is 3. The lowest BCUT2D eigenvalue weighted by Gasteiger charge is -2.37. The highest BCUT2D eigenvalue weighted by Gasteiger charge is 2.67. The van der Waals surface area contributed by atoms with Crippen molar-refractivity contribution in [2.45, 2.75) is 12.8 Å². The first-order valence-corrected chi connectivity index (χ1v) is 12.8. The quantitative estimate of drug-likeness (QED) is 0.272. The lowest BCUT2D eigenvalue weighted by atomic mass is 9.63. The van der Waals surface area contributed by atoms with Gasteiger partial charge in [0, 0.05) is 24.7 Å². The molecular weight excluding hydrogens is 472 g/mol. The lowest BCUT2D eigenvalue weighted by Crippen LogP contribution is -2.40. The van der Waals surface area contributed by atoms with E-state index in [4.69, 9.17) is 9.47 Å². The van der Waals surface area contributed by atoms with Crippen molar-refractivity contribution < 1.29 is 28.7 Å². The number of hydrogen-bond acceptors (Lipinski definition) is 6. The first-order valence-electron chi connectivity index (χ1n) is 12.8. The fourth-order valence-electron chi connectivity index (χ4n) is 6.97. The zero-order valence-corrected chi connectivity index (χ0v) is 20.3. The Morgan fingerprint density at radius 2 is 1.54 bits per heavy atom. The normalized spacial score (nSPS) is 33.0. The van der Waals surface area contributed by atoms with Gasteiger partial charge in [0.1, 0.15) is 11.5 Å². The Morgan fingerprint density at radius 3 is 2.19 bits per heavy atom. The molecule has 3 amide bonds. The number of carbonyl (C=O) groups excluding carboxylic acids is 4. The molecule has 2 saturated carbocycles. The smallest absolute Gasteiger partial charge is 0.316 e. The molecule has 2 aromatic rings. The van der Waals surface area contributed by atoms with Crippen LogP contribution in [0.3, 0.4) is 0 Å². The van der Waals surface area contributed by atoms with Gasteiger partial charge in [-0.15, -0.1) is 0 Å². The van der Waals surface area contributed by atoms with Gasteiger partial charge in [0.15, 0.2) is 0 Å². The highest BCUT2D eigenvalue weighted by atomic mass is 16.5. The first-order chi connectivity index (χ1) is 17.9. The summed E-state index contributed by atoms with van der Waals surface area (Å²) >= 11 is 0. The topological polar surface area (TPSA) is 93.2 Å². The minimum atomic E-state index is -0.599. The third kappa shape index (κ3) is 3.35. The summed E-state index contributed by atoms with van der Waals surface area (Å²) in [6, 6.07) is 13.6. The number of nitrogens with zero attached hydrogens (tertiary/aromatic N) is 2. The molecule has 0 spiro atoms. The van der Waals surface area contributed by atoms with Gasteiger partial charge in [-0.1, -0.05) is 18.2 Å². The van der Waals surface area contributed by atoms with Crippen LogP contribution in [0.2, 0.25) is 0 Å². The Labute approximate surface area is 213 Å². The summed E-state index contributed by atoms with van der Waals surface area (Å²) in [6.07, 6.45) is 5.49. The Kier molecular flexibility index (Phi) is 4.83. The Bertz CT molecular complexity index is 1330. The molecule has 8 heteroatoms. The van der Waals surface area contributed by atoms with Crippen LogP contribution in [0.25, 0.3) is 0 Å². The van der Waals surface area contributed by atoms with Crippen molar-refractivity contribution in [3.8, 4) is 11.5 Å². The summed E-state index contributed by atoms with van der Waals surface area (Å²) < 4.78 is 10.8. The molecule has 0 N–H and O–H groups in total. The van der Waals surface area contributed by atoms with Crippen molar-refractivity contribution in [2.24, 2.45) is 41.4 Å². The molecule has 37 heavy (non-hydrogen) atoms. The Balaban J connectivity index is 1.03. The maximum Gasteiger partial charge on any atom is 0.316 e. The summed E-state index contributed by atoms with van der Waals surface area (Å²) in [5.41, 5.74) is 1.17. The fourth-order valence-corrected chi connectivity index (χ4v) is 6.97. The van der Waals surface area contributed by atoms with Crippen LogP contribution in [0, 0.1) is 41.4 Å². The van der Waals surface area contributed by atoms with Crippen LogP contribution < -0.4 is 19.3 Å². The van der Waals surface area contributed by atoms with Gasteiger partial charge in [0.2, 0.25) is 17.7 Å². The van der Waals surface area contributed by atoms with Gasteiger partial charge in [-0.3, -0.25) is 24.1 Å². The number of rotatable bonds is 5. The SMILES string of the molecule is COc1cccc(N2C[C@@H](C(=O)Oc3ccc(N4C(=O)[C@H]5[C@@H]6C=C[C@H]([C@H]7C[C@H]67)[C@@H]5C4=O)cc3)CC2=O)c1. The number of hydrogen-bond donors (Lipinski definition) is 0. The summed E-state index contributed by atoms with van der Waals surface area (Å²) in [5.74, 6) is 0.399. The largest absolute Gasteiger partial charge is 0.497 e. The second-order valence-electron chi connectivity index (χ2n) is 10.7. The molecular formula is C29H26N2O6. The molecule has 7 atom stereocenters.